The van der Waals surface area contributed by atoms with E-state index in [2.05, 4.69) is 15.0 Å². The van der Waals surface area contributed by atoms with E-state index in [-0.39, 0.29) is 10.8 Å². The summed E-state index contributed by atoms with van der Waals surface area (Å²) in [6.07, 6.45) is 1.10. The van der Waals surface area contributed by atoms with Crippen molar-refractivity contribution in [3.05, 3.63) is 45.5 Å². The van der Waals surface area contributed by atoms with Gasteiger partial charge in [0.05, 0.1) is 17.4 Å². The maximum absolute atomic E-state index is 12.7. The second kappa shape index (κ2) is 7.36. The highest BCUT2D eigenvalue weighted by Crippen LogP contribution is 2.30. The van der Waals surface area contributed by atoms with Gasteiger partial charge in [-0.15, -0.1) is 0 Å². The number of halogens is 4. The van der Waals surface area contributed by atoms with Crippen molar-refractivity contribution < 1.29 is 13.2 Å². The van der Waals surface area contributed by atoms with E-state index < -0.39 is 17.3 Å². The first-order valence-corrected chi connectivity index (χ1v) is 9.53. The third-order valence-corrected chi connectivity index (χ3v) is 5.71. The standard InChI is InChI=1S/C18H19ClF3N5O/c19-16-14(26-8-5-13(11-26)25-6-1-2-7-25)10-24-27(17(16)28)15-4-3-12(9-23-15)18(20,21)22/h3-4,9-10,13H,1-2,5-8,11H2. The smallest absolute Gasteiger partial charge is 0.367 e. The predicted molar refractivity (Wildman–Crippen MR) is 99.1 cm³/mol. The zero-order valence-electron chi connectivity index (χ0n) is 15.0. The Hall–Kier alpha value is -2.13. The van der Waals surface area contributed by atoms with Crippen molar-refractivity contribution in [3.8, 4) is 5.82 Å². The number of alkyl halides is 3. The zero-order chi connectivity index (χ0) is 19.9. The second-order valence-corrected chi connectivity index (χ2v) is 7.47. The van der Waals surface area contributed by atoms with Crippen molar-refractivity contribution in [1.82, 2.24) is 19.7 Å². The van der Waals surface area contributed by atoms with E-state index in [0.29, 0.717) is 17.9 Å². The van der Waals surface area contributed by atoms with E-state index in [1.54, 1.807) is 0 Å². The fraction of sp³-hybridized carbons (Fsp3) is 0.500. The Balaban J connectivity index is 1.56. The Morgan fingerprint density at radius 3 is 2.50 bits per heavy atom. The topological polar surface area (TPSA) is 54.3 Å². The molecule has 1 unspecified atom stereocenters. The van der Waals surface area contributed by atoms with Crippen molar-refractivity contribution in [2.24, 2.45) is 0 Å². The van der Waals surface area contributed by atoms with Gasteiger partial charge in [0, 0.05) is 25.3 Å². The van der Waals surface area contributed by atoms with Crippen molar-refractivity contribution in [1.29, 1.82) is 0 Å². The average Bonchev–Trinajstić information content (AvgIpc) is 3.34. The molecule has 4 heterocycles. The summed E-state index contributed by atoms with van der Waals surface area (Å²) >= 11 is 6.30. The Morgan fingerprint density at radius 1 is 1.11 bits per heavy atom. The Kier molecular flexibility index (Phi) is 5.05. The molecule has 1 atom stereocenters. The van der Waals surface area contributed by atoms with Gasteiger partial charge in [-0.05, 0) is 44.5 Å². The molecule has 0 spiro atoms. The van der Waals surface area contributed by atoms with Crippen LogP contribution in [0.5, 0.6) is 0 Å². The van der Waals surface area contributed by atoms with Crippen LogP contribution in [-0.4, -0.2) is 51.9 Å². The molecule has 0 N–H and O–H groups in total. The highest BCUT2D eigenvalue weighted by Gasteiger charge is 2.32. The van der Waals surface area contributed by atoms with Gasteiger partial charge < -0.3 is 4.90 Å². The summed E-state index contributed by atoms with van der Waals surface area (Å²) in [4.78, 5) is 20.9. The highest BCUT2D eigenvalue weighted by molar-refractivity contribution is 6.33. The Labute approximate surface area is 164 Å². The summed E-state index contributed by atoms with van der Waals surface area (Å²) in [6, 6.07) is 2.41. The first-order valence-electron chi connectivity index (χ1n) is 9.15. The first kappa shape index (κ1) is 19.2. The summed E-state index contributed by atoms with van der Waals surface area (Å²) in [5.74, 6) is -0.0113. The fourth-order valence-electron chi connectivity index (χ4n) is 3.85. The van der Waals surface area contributed by atoms with Gasteiger partial charge in [0.1, 0.15) is 5.02 Å². The molecule has 28 heavy (non-hydrogen) atoms. The molecule has 0 bridgehead atoms. The molecule has 2 fully saturated rings. The number of nitrogens with zero attached hydrogens (tertiary/aromatic N) is 5. The van der Waals surface area contributed by atoms with Crippen LogP contribution in [-0.2, 0) is 6.18 Å². The van der Waals surface area contributed by atoms with Crippen molar-refractivity contribution in [3.63, 3.8) is 0 Å². The maximum atomic E-state index is 12.7. The van der Waals surface area contributed by atoms with Crippen LogP contribution in [0.15, 0.2) is 29.3 Å². The minimum Gasteiger partial charge on any atom is -0.367 e. The molecule has 4 rings (SSSR count). The summed E-state index contributed by atoms with van der Waals surface area (Å²) in [6.45, 7) is 3.77. The number of likely N-dealkylation sites (tertiary alicyclic amines) is 1. The third-order valence-electron chi connectivity index (χ3n) is 5.35. The lowest BCUT2D eigenvalue weighted by molar-refractivity contribution is -0.137. The normalized spacial score (nSPS) is 20.9. The van der Waals surface area contributed by atoms with E-state index in [4.69, 9.17) is 11.6 Å². The first-order chi connectivity index (χ1) is 13.3. The third kappa shape index (κ3) is 3.60. The van der Waals surface area contributed by atoms with Crippen LogP contribution >= 0.6 is 11.6 Å². The molecule has 2 aromatic rings. The van der Waals surface area contributed by atoms with Crippen molar-refractivity contribution >= 4 is 17.3 Å². The minimum absolute atomic E-state index is 0.00114. The lowest BCUT2D eigenvalue weighted by atomic mass is 10.2. The van der Waals surface area contributed by atoms with Crippen LogP contribution in [0.3, 0.4) is 0 Å². The predicted octanol–water partition coefficient (Wildman–Crippen LogP) is 2.97. The SMILES string of the molecule is O=c1c(Cl)c(N2CCC(N3CCCC3)C2)cnn1-c1ccc(C(F)(F)F)cn1. The van der Waals surface area contributed by atoms with Crippen molar-refractivity contribution in [2.75, 3.05) is 31.1 Å². The van der Waals surface area contributed by atoms with E-state index in [1.807, 2.05) is 4.90 Å². The van der Waals surface area contributed by atoms with Crippen molar-refractivity contribution in [2.45, 2.75) is 31.5 Å². The largest absolute Gasteiger partial charge is 0.417 e. The molecule has 10 heteroatoms. The molecule has 0 radical (unpaired) electrons. The molecular weight excluding hydrogens is 395 g/mol. The molecule has 2 aromatic heterocycles. The number of hydrogen-bond donors (Lipinski definition) is 0. The summed E-state index contributed by atoms with van der Waals surface area (Å²) in [5.41, 5.74) is -0.940. The van der Waals surface area contributed by atoms with E-state index in [1.165, 1.54) is 19.0 Å². The lowest BCUT2D eigenvalue weighted by Crippen LogP contribution is -2.36. The molecule has 2 aliphatic heterocycles. The fourth-order valence-corrected chi connectivity index (χ4v) is 4.10. The molecule has 0 saturated carbocycles. The highest BCUT2D eigenvalue weighted by atomic mass is 35.5. The van der Waals surface area contributed by atoms with Crippen LogP contribution < -0.4 is 10.5 Å². The lowest BCUT2D eigenvalue weighted by Gasteiger charge is -2.24. The van der Waals surface area contributed by atoms with Crippen LogP contribution in [0.1, 0.15) is 24.8 Å². The second-order valence-electron chi connectivity index (χ2n) is 7.10. The van der Waals surface area contributed by atoms with Gasteiger partial charge in [0.2, 0.25) is 0 Å². The Bertz CT molecular complexity index is 909. The number of hydrogen-bond acceptors (Lipinski definition) is 5. The molecule has 2 aliphatic rings. The van der Waals surface area contributed by atoms with Gasteiger partial charge in [-0.2, -0.15) is 23.0 Å². The number of anilines is 1. The minimum atomic E-state index is -4.49. The summed E-state index contributed by atoms with van der Waals surface area (Å²) < 4.78 is 39.0. The zero-order valence-corrected chi connectivity index (χ0v) is 15.7. The number of aromatic nitrogens is 3. The summed E-state index contributed by atoms with van der Waals surface area (Å²) in [7, 11) is 0. The van der Waals surface area contributed by atoms with Gasteiger partial charge in [0.25, 0.3) is 5.56 Å². The van der Waals surface area contributed by atoms with Crippen LogP contribution in [0.25, 0.3) is 5.82 Å². The molecular formula is C18H19ClF3N5O. The Morgan fingerprint density at radius 2 is 1.86 bits per heavy atom. The van der Waals surface area contributed by atoms with Crippen LogP contribution in [0.2, 0.25) is 5.02 Å². The van der Waals surface area contributed by atoms with Gasteiger partial charge in [-0.1, -0.05) is 11.6 Å². The average molecular weight is 414 g/mol. The van der Waals surface area contributed by atoms with Crippen LogP contribution in [0.4, 0.5) is 18.9 Å². The molecule has 6 nitrogen and oxygen atoms in total. The molecule has 2 saturated heterocycles. The van der Waals surface area contributed by atoms with Gasteiger partial charge >= 0.3 is 6.18 Å². The van der Waals surface area contributed by atoms with Gasteiger partial charge in [-0.25, -0.2) is 4.98 Å². The number of rotatable bonds is 3. The van der Waals surface area contributed by atoms with E-state index in [0.717, 1.165) is 49.4 Å². The van der Waals surface area contributed by atoms with E-state index >= 15 is 0 Å². The molecule has 0 aromatic carbocycles. The quantitative estimate of drug-likeness (QED) is 0.774. The monoisotopic (exact) mass is 413 g/mol. The molecule has 0 aliphatic carbocycles. The van der Waals surface area contributed by atoms with Gasteiger partial charge in [0.15, 0.2) is 5.82 Å². The van der Waals surface area contributed by atoms with Gasteiger partial charge in [-0.3, -0.25) is 9.69 Å². The van der Waals surface area contributed by atoms with E-state index in [9.17, 15) is 18.0 Å². The number of pyridine rings is 1. The molecule has 0 amide bonds. The maximum Gasteiger partial charge on any atom is 0.417 e. The summed E-state index contributed by atoms with van der Waals surface area (Å²) in [5, 5.41) is 4.09. The molecule has 150 valence electrons. The van der Waals surface area contributed by atoms with Crippen LogP contribution in [0, 0.1) is 0 Å².